The van der Waals surface area contributed by atoms with Crippen molar-refractivity contribution in [3.8, 4) is 17.1 Å². The van der Waals surface area contributed by atoms with Gasteiger partial charge in [-0.05, 0) is 29.4 Å². The van der Waals surface area contributed by atoms with Crippen molar-refractivity contribution in [3.05, 3.63) is 66.1 Å². The van der Waals surface area contributed by atoms with E-state index in [2.05, 4.69) is 40.8 Å². The van der Waals surface area contributed by atoms with Crippen molar-refractivity contribution >= 4 is 17.4 Å². The Kier molecular flexibility index (Phi) is 4.76. The molecule has 0 aliphatic rings. The highest BCUT2D eigenvalue weighted by Gasteiger charge is 2.25. The van der Waals surface area contributed by atoms with Gasteiger partial charge in [0.1, 0.15) is 5.69 Å². The minimum Gasteiger partial charge on any atom is -0.378 e. The Hall–Kier alpha value is -4.41. The van der Waals surface area contributed by atoms with Crippen LogP contribution in [0.25, 0.3) is 17.1 Å². The number of hydrazone groups is 1. The monoisotopic (exact) mass is 389 g/mol. The smallest absolute Gasteiger partial charge is 0.294 e. The van der Waals surface area contributed by atoms with Gasteiger partial charge in [-0.2, -0.15) is 9.78 Å². The molecule has 0 saturated heterocycles. The maximum absolute atomic E-state index is 12.8. The van der Waals surface area contributed by atoms with E-state index in [4.69, 9.17) is 5.73 Å². The molecule has 1 aromatic carbocycles. The number of hydrogen-bond acceptors (Lipinski definition) is 9. The molecule has 11 heteroatoms. The Bertz CT molecular complexity index is 1170. The molecule has 0 fully saturated rings. The lowest BCUT2D eigenvalue weighted by atomic mass is 10.1. The molecule has 11 nitrogen and oxygen atoms in total. The Morgan fingerprint density at radius 3 is 2.59 bits per heavy atom. The van der Waals surface area contributed by atoms with Gasteiger partial charge < -0.3 is 5.73 Å². The Morgan fingerprint density at radius 2 is 1.90 bits per heavy atom. The number of aromatic nitrogens is 6. The lowest BCUT2D eigenvalue weighted by Gasteiger charge is -2.06. The zero-order valence-electron chi connectivity index (χ0n) is 15.2. The molecule has 0 atom stereocenters. The molecule has 0 saturated carbocycles. The summed E-state index contributed by atoms with van der Waals surface area (Å²) in [7, 11) is 0. The van der Waals surface area contributed by atoms with Crippen LogP contribution < -0.4 is 11.2 Å². The summed E-state index contributed by atoms with van der Waals surface area (Å²) in [6.45, 7) is 1.77. The van der Waals surface area contributed by atoms with E-state index in [1.165, 1.54) is 4.68 Å². The molecule has 0 radical (unpaired) electrons. The van der Waals surface area contributed by atoms with Crippen molar-refractivity contribution in [1.29, 1.82) is 0 Å². The van der Waals surface area contributed by atoms with Crippen molar-refractivity contribution in [2.75, 3.05) is 5.73 Å². The molecule has 29 heavy (non-hydrogen) atoms. The van der Waals surface area contributed by atoms with Crippen molar-refractivity contribution in [2.24, 2.45) is 5.10 Å². The number of nitrogen functional groups attached to an aromatic ring is 1. The second-order valence-corrected chi connectivity index (χ2v) is 5.91. The second kappa shape index (κ2) is 7.68. The number of nitrogens with two attached hydrogens (primary N) is 1. The topological polar surface area (TPSA) is 150 Å². The maximum Gasteiger partial charge on any atom is 0.294 e. The van der Waals surface area contributed by atoms with Gasteiger partial charge in [-0.3, -0.25) is 9.78 Å². The average Bonchev–Trinajstić information content (AvgIpc) is 3.39. The summed E-state index contributed by atoms with van der Waals surface area (Å²) in [6, 6.07) is 12.7. The number of nitrogens with one attached hydrogen (secondary N) is 1. The third-order valence-electron chi connectivity index (χ3n) is 4.05. The zero-order valence-corrected chi connectivity index (χ0v) is 15.2. The second-order valence-electron chi connectivity index (χ2n) is 5.91. The fourth-order valence-corrected chi connectivity index (χ4v) is 2.62. The van der Waals surface area contributed by atoms with Gasteiger partial charge in [-0.15, -0.1) is 5.10 Å². The molecular weight excluding hydrogens is 374 g/mol. The third-order valence-corrected chi connectivity index (χ3v) is 4.05. The Labute approximate surface area is 164 Å². The predicted molar refractivity (Wildman–Crippen MR) is 103 cm³/mol. The van der Waals surface area contributed by atoms with Gasteiger partial charge in [0.25, 0.3) is 5.91 Å². The molecule has 1 amide bonds. The highest BCUT2D eigenvalue weighted by Crippen LogP contribution is 2.26. The van der Waals surface area contributed by atoms with Gasteiger partial charge in [-0.25, -0.2) is 10.1 Å². The first-order valence-electron chi connectivity index (χ1n) is 8.49. The molecule has 3 aromatic heterocycles. The predicted octanol–water partition coefficient (Wildman–Crippen LogP) is 1.45. The Balaban J connectivity index is 1.71. The van der Waals surface area contributed by atoms with E-state index in [0.717, 1.165) is 5.56 Å². The number of rotatable bonds is 5. The molecule has 0 aliphatic carbocycles. The molecule has 4 rings (SSSR count). The van der Waals surface area contributed by atoms with Crippen LogP contribution in [0.4, 0.5) is 5.82 Å². The molecule has 3 N–H and O–H groups in total. The fraction of sp³-hybridized carbons (Fsp3) is 0.0556. The quantitative estimate of drug-likeness (QED) is 0.384. The number of pyridine rings is 1. The number of anilines is 1. The van der Waals surface area contributed by atoms with E-state index in [1.54, 1.807) is 43.6 Å². The first-order chi connectivity index (χ1) is 14.1. The summed E-state index contributed by atoms with van der Waals surface area (Å²) in [6.07, 6.45) is 3.29. The van der Waals surface area contributed by atoms with Crippen molar-refractivity contribution in [1.82, 2.24) is 35.7 Å². The zero-order chi connectivity index (χ0) is 20.2. The number of hydrogen-bond donors (Lipinski definition) is 2. The van der Waals surface area contributed by atoms with Crippen LogP contribution in [-0.4, -0.2) is 41.9 Å². The fourth-order valence-electron chi connectivity index (χ4n) is 2.62. The number of amides is 1. The summed E-state index contributed by atoms with van der Waals surface area (Å²) in [5, 5.41) is 19.4. The van der Waals surface area contributed by atoms with Crippen LogP contribution in [0.1, 0.15) is 23.0 Å². The van der Waals surface area contributed by atoms with E-state index in [9.17, 15) is 4.79 Å². The summed E-state index contributed by atoms with van der Waals surface area (Å²) in [4.78, 5) is 16.8. The number of benzene rings is 1. The largest absolute Gasteiger partial charge is 0.378 e. The molecule has 0 unspecified atom stereocenters. The average molecular weight is 389 g/mol. The number of carbonyl (C=O) groups is 1. The SMILES string of the molecule is C/C(=N/NC(=O)c1nnn(-c2nonc2N)c1-c1ccccc1)c1ccncc1. The summed E-state index contributed by atoms with van der Waals surface area (Å²) >= 11 is 0. The number of nitrogens with zero attached hydrogens (tertiary/aromatic N) is 7. The summed E-state index contributed by atoms with van der Waals surface area (Å²) in [5.74, 6) is -0.393. The first-order valence-corrected chi connectivity index (χ1v) is 8.49. The molecule has 3 heterocycles. The summed E-state index contributed by atoms with van der Waals surface area (Å²) in [5.41, 5.74) is 10.8. The van der Waals surface area contributed by atoms with Gasteiger partial charge in [0.15, 0.2) is 5.69 Å². The van der Waals surface area contributed by atoms with Crippen LogP contribution in [-0.2, 0) is 0 Å². The molecule has 144 valence electrons. The first kappa shape index (κ1) is 18.0. The van der Waals surface area contributed by atoms with Gasteiger partial charge in [0, 0.05) is 23.5 Å². The minimum absolute atomic E-state index is 0.0191. The van der Waals surface area contributed by atoms with Crippen LogP contribution >= 0.6 is 0 Å². The molecule has 0 spiro atoms. The van der Waals surface area contributed by atoms with Crippen molar-refractivity contribution in [2.45, 2.75) is 6.92 Å². The normalized spacial score (nSPS) is 11.4. The lowest BCUT2D eigenvalue weighted by molar-refractivity contribution is 0.0950. The van der Waals surface area contributed by atoms with Crippen LogP contribution in [0.15, 0.2) is 64.6 Å². The van der Waals surface area contributed by atoms with Crippen LogP contribution in [0, 0.1) is 0 Å². The van der Waals surface area contributed by atoms with E-state index in [1.807, 2.05) is 18.2 Å². The standard InChI is InChI=1S/C18H15N9O2/c1-11(12-7-9-20-10-8-12)21-23-18(28)14-15(13-5-3-2-4-6-13)27(26-22-14)17-16(19)24-29-25-17/h2-10H,1H3,(H2,19,24)(H,23,28)/b21-11-. The van der Waals surface area contributed by atoms with E-state index in [0.29, 0.717) is 17.0 Å². The van der Waals surface area contributed by atoms with Crippen molar-refractivity contribution in [3.63, 3.8) is 0 Å². The van der Waals surface area contributed by atoms with Crippen LogP contribution in [0.2, 0.25) is 0 Å². The van der Waals surface area contributed by atoms with E-state index < -0.39 is 5.91 Å². The maximum atomic E-state index is 12.8. The number of carbonyl (C=O) groups excluding carboxylic acids is 1. The van der Waals surface area contributed by atoms with Gasteiger partial charge >= 0.3 is 0 Å². The van der Waals surface area contributed by atoms with Gasteiger partial charge in [0.05, 0.1) is 5.71 Å². The van der Waals surface area contributed by atoms with E-state index in [-0.39, 0.29) is 17.3 Å². The molecule has 0 bridgehead atoms. The third kappa shape index (κ3) is 3.56. The van der Waals surface area contributed by atoms with E-state index >= 15 is 0 Å². The molecule has 0 aliphatic heterocycles. The Morgan fingerprint density at radius 1 is 1.14 bits per heavy atom. The molecule has 4 aromatic rings. The van der Waals surface area contributed by atoms with Crippen molar-refractivity contribution < 1.29 is 9.42 Å². The minimum atomic E-state index is -0.543. The molecular formula is C18H15N9O2. The summed E-state index contributed by atoms with van der Waals surface area (Å²) < 4.78 is 5.95. The van der Waals surface area contributed by atoms with Gasteiger partial charge in [0.2, 0.25) is 11.6 Å². The van der Waals surface area contributed by atoms with Gasteiger partial charge in [-0.1, -0.05) is 35.5 Å². The highest BCUT2D eigenvalue weighted by molar-refractivity contribution is 6.02. The highest BCUT2D eigenvalue weighted by atomic mass is 16.6. The lowest BCUT2D eigenvalue weighted by Crippen LogP contribution is -2.21. The van der Waals surface area contributed by atoms with Crippen LogP contribution in [0.5, 0.6) is 0 Å². The van der Waals surface area contributed by atoms with Crippen LogP contribution in [0.3, 0.4) is 0 Å².